The number of alkyl halides is 2. The largest absolute Gasteiger partial charge is 0.350 e. The monoisotopic (exact) mass is 434 g/mol. The maximum Gasteiger partial charge on any atom is 0.350 e. The van der Waals surface area contributed by atoms with Crippen molar-refractivity contribution < 1.29 is 13.6 Å². The predicted molar refractivity (Wildman–Crippen MR) is 114 cm³/mol. The molecule has 8 nitrogen and oxygen atoms in total. The third-order valence-corrected chi connectivity index (χ3v) is 4.97. The second-order valence-electron chi connectivity index (χ2n) is 7.18. The first-order valence-electron chi connectivity index (χ1n) is 9.70. The number of pyridine rings is 1. The highest BCUT2D eigenvalue weighted by Crippen LogP contribution is 2.21. The Kier molecular flexibility index (Phi) is 4.74. The second kappa shape index (κ2) is 7.73. The smallest absolute Gasteiger partial charge is 0.337 e. The number of aromatic amines is 1. The number of nitrogens with one attached hydrogen (secondary N) is 2. The molecule has 0 unspecified atom stereocenters. The first-order chi connectivity index (χ1) is 15.5. The lowest BCUT2D eigenvalue weighted by atomic mass is 10.1. The summed E-state index contributed by atoms with van der Waals surface area (Å²) in [6, 6.07) is 16.9. The molecule has 10 heteroatoms. The zero-order valence-electron chi connectivity index (χ0n) is 16.5. The van der Waals surface area contributed by atoms with E-state index in [0.717, 1.165) is 5.56 Å². The molecule has 160 valence electrons. The lowest BCUT2D eigenvalue weighted by Crippen LogP contribution is -2.21. The third kappa shape index (κ3) is 3.62. The zero-order chi connectivity index (χ0) is 22.2. The van der Waals surface area contributed by atoms with E-state index in [1.54, 1.807) is 42.6 Å². The van der Waals surface area contributed by atoms with E-state index in [9.17, 15) is 18.4 Å². The molecule has 0 radical (unpaired) electrons. The number of amides is 1. The van der Waals surface area contributed by atoms with E-state index in [1.807, 2.05) is 6.07 Å². The molecule has 0 aliphatic rings. The van der Waals surface area contributed by atoms with E-state index in [4.69, 9.17) is 0 Å². The van der Waals surface area contributed by atoms with Crippen LogP contribution in [0.1, 0.15) is 28.2 Å². The molecule has 0 fully saturated rings. The van der Waals surface area contributed by atoms with Gasteiger partial charge in [0.15, 0.2) is 11.5 Å². The van der Waals surface area contributed by atoms with Gasteiger partial charge in [-0.05, 0) is 48.0 Å². The van der Waals surface area contributed by atoms with Crippen LogP contribution in [0, 0.1) is 0 Å². The van der Waals surface area contributed by atoms with Crippen LogP contribution in [-0.2, 0) is 6.54 Å². The molecule has 0 saturated carbocycles. The van der Waals surface area contributed by atoms with Crippen molar-refractivity contribution in [3.63, 3.8) is 0 Å². The number of hydrogen-bond acceptors (Lipinski definition) is 4. The molecule has 5 aromatic rings. The Bertz CT molecular complexity index is 1520. The van der Waals surface area contributed by atoms with Gasteiger partial charge in [-0.1, -0.05) is 18.2 Å². The Morgan fingerprint density at radius 1 is 1.09 bits per heavy atom. The number of halogens is 2. The number of imidazole rings is 1. The number of hydrogen-bond donors (Lipinski definition) is 2. The molecular formula is C22H16F2N6O2. The predicted octanol–water partition coefficient (Wildman–Crippen LogP) is 3.61. The highest BCUT2D eigenvalue weighted by Gasteiger charge is 2.15. The van der Waals surface area contributed by atoms with Gasteiger partial charge in [-0.2, -0.15) is 0 Å². The fraction of sp³-hybridized carbons (Fsp3) is 0.0909. The van der Waals surface area contributed by atoms with Gasteiger partial charge >= 0.3 is 5.69 Å². The number of carbonyl (C=O) groups excluding carboxylic acids is 1. The summed E-state index contributed by atoms with van der Waals surface area (Å²) in [5.41, 5.74) is 2.60. The summed E-state index contributed by atoms with van der Waals surface area (Å²) in [5, 5.41) is 7.09. The normalized spacial score (nSPS) is 11.5. The molecule has 32 heavy (non-hydrogen) atoms. The molecule has 0 spiro atoms. The Balaban J connectivity index is 1.36. The van der Waals surface area contributed by atoms with Gasteiger partial charge in [0.05, 0.1) is 17.6 Å². The zero-order valence-corrected chi connectivity index (χ0v) is 16.5. The second-order valence-corrected chi connectivity index (χ2v) is 7.18. The van der Waals surface area contributed by atoms with Gasteiger partial charge in [0.1, 0.15) is 0 Å². The summed E-state index contributed by atoms with van der Waals surface area (Å²) >= 11 is 0. The van der Waals surface area contributed by atoms with Crippen molar-refractivity contribution in [2.24, 2.45) is 0 Å². The molecule has 5 rings (SSSR count). The standard InChI is InChI=1S/C22H16F2N6O2/c23-19(24)20-26-16-8-7-14(11-17(16)27-20)21(31)25-15-5-3-4-13(10-15)12-30-22(32)29-9-2-1-6-18(29)28-30/h1-11,19H,12H2,(H,25,31)(H,26,27). The van der Waals surface area contributed by atoms with Gasteiger partial charge in [0, 0.05) is 17.4 Å². The fourth-order valence-electron chi connectivity index (χ4n) is 3.47. The molecule has 0 saturated heterocycles. The van der Waals surface area contributed by atoms with E-state index < -0.39 is 18.2 Å². The van der Waals surface area contributed by atoms with Crippen molar-refractivity contribution in [2.75, 3.05) is 5.32 Å². The summed E-state index contributed by atoms with van der Waals surface area (Å²) in [7, 11) is 0. The van der Waals surface area contributed by atoms with Crippen LogP contribution in [0.25, 0.3) is 16.7 Å². The van der Waals surface area contributed by atoms with Crippen molar-refractivity contribution in [3.8, 4) is 0 Å². The highest BCUT2D eigenvalue weighted by molar-refractivity contribution is 6.05. The van der Waals surface area contributed by atoms with Crippen LogP contribution >= 0.6 is 0 Å². The minimum absolute atomic E-state index is 0.237. The summed E-state index contributed by atoms with van der Waals surface area (Å²) in [6.07, 6.45) is -1.07. The Labute approximate surface area is 179 Å². The Hall–Kier alpha value is -4.34. The third-order valence-electron chi connectivity index (χ3n) is 4.97. The number of nitrogens with zero attached hydrogens (tertiary/aromatic N) is 4. The number of carbonyl (C=O) groups is 1. The minimum Gasteiger partial charge on any atom is -0.337 e. The number of anilines is 1. The van der Waals surface area contributed by atoms with Crippen LogP contribution in [0.4, 0.5) is 14.5 Å². The van der Waals surface area contributed by atoms with E-state index in [0.29, 0.717) is 27.9 Å². The molecule has 3 heterocycles. The SMILES string of the molecule is O=C(Nc1cccc(Cn2nc3ccccn3c2=O)c1)c1ccc2nc(C(F)F)[nH]c2c1. The first kappa shape index (κ1) is 19.6. The average Bonchev–Trinajstić information content (AvgIpc) is 3.35. The molecule has 3 aromatic heterocycles. The van der Waals surface area contributed by atoms with Gasteiger partial charge in [0.2, 0.25) is 0 Å². The lowest BCUT2D eigenvalue weighted by Gasteiger charge is -2.08. The molecule has 0 bridgehead atoms. The summed E-state index contributed by atoms with van der Waals surface area (Å²) in [5.74, 6) is -0.838. The number of aromatic nitrogens is 5. The van der Waals surface area contributed by atoms with Crippen LogP contribution in [-0.4, -0.2) is 30.1 Å². The molecule has 0 aliphatic carbocycles. The lowest BCUT2D eigenvalue weighted by molar-refractivity contribution is 0.102. The molecule has 2 N–H and O–H groups in total. The van der Waals surface area contributed by atoms with Crippen molar-refractivity contribution in [1.82, 2.24) is 24.1 Å². The average molecular weight is 434 g/mol. The molecule has 2 aromatic carbocycles. The number of fused-ring (bicyclic) bond motifs is 2. The van der Waals surface area contributed by atoms with Crippen molar-refractivity contribution in [3.05, 3.63) is 94.3 Å². The van der Waals surface area contributed by atoms with Crippen LogP contribution in [0.3, 0.4) is 0 Å². The van der Waals surface area contributed by atoms with Crippen LogP contribution in [0.15, 0.2) is 71.7 Å². The summed E-state index contributed by atoms with van der Waals surface area (Å²) in [4.78, 5) is 31.5. The van der Waals surface area contributed by atoms with Gasteiger partial charge in [0.25, 0.3) is 12.3 Å². The maximum atomic E-state index is 12.8. The highest BCUT2D eigenvalue weighted by atomic mass is 19.3. The van der Waals surface area contributed by atoms with Crippen LogP contribution in [0.2, 0.25) is 0 Å². The van der Waals surface area contributed by atoms with Crippen LogP contribution < -0.4 is 11.0 Å². The van der Waals surface area contributed by atoms with E-state index in [2.05, 4.69) is 20.4 Å². The van der Waals surface area contributed by atoms with Gasteiger partial charge < -0.3 is 10.3 Å². The van der Waals surface area contributed by atoms with Crippen molar-refractivity contribution >= 4 is 28.3 Å². The fourth-order valence-corrected chi connectivity index (χ4v) is 3.47. The summed E-state index contributed by atoms with van der Waals surface area (Å²) in [6.45, 7) is 0.237. The molecule has 0 atom stereocenters. The van der Waals surface area contributed by atoms with Gasteiger partial charge in [-0.15, -0.1) is 5.10 Å². The number of rotatable bonds is 5. The number of H-pyrrole nitrogens is 1. The summed E-state index contributed by atoms with van der Waals surface area (Å²) < 4.78 is 28.5. The quantitative estimate of drug-likeness (QED) is 0.442. The molecule has 0 aliphatic heterocycles. The van der Waals surface area contributed by atoms with Crippen molar-refractivity contribution in [2.45, 2.75) is 13.0 Å². The number of benzene rings is 2. The molecular weight excluding hydrogens is 418 g/mol. The topological polar surface area (TPSA) is 97.1 Å². The minimum atomic E-state index is -2.72. The van der Waals surface area contributed by atoms with E-state index >= 15 is 0 Å². The van der Waals surface area contributed by atoms with E-state index in [-0.39, 0.29) is 12.2 Å². The maximum absolute atomic E-state index is 12.8. The Morgan fingerprint density at radius 3 is 2.78 bits per heavy atom. The van der Waals surface area contributed by atoms with Gasteiger partial charge in [-0.3, -0.25) is 9.20 Å². The van der Waals surface area contributed by atoms with E-state index in [1.165, 1.54) is 27.3 Å². The molecule has 1 amide bonds. The van der Waals surface area contributed by atoms with Crippen LogP contribution in [0.5, 0.6) is 0 Å². The van der Waals surface area contributed by atoms with Crippen molar-refractivity contribution in [1.29, 1.82) is 0 Å². The first-order valence-corrected chi connectivity index (χ1v) is 9.70. The van der Waals surface area contributed by atoms with Gasteiger partial charge in [-0.25, -0.2) is 23.2 Å². The Morgan fingerprint density at radius 2 is 1.97 bits per heavy atom.